The number of anilines is 1. The third-order valence-corrected chi connectivity index (χ3v) is 3.91. The Labute approximate surface area is 119 Å². The molecule has 1 aromatic carbocycles. The van der Waals surface area contributed by atoms with Crippen molar-refractivity contribution in [3.8, 4) is 6.07 Å². The summed E-state index contributed by atoms with van der Waals surface area (Å²) in [6, 6.07) is 7.82. The van der Waals surface area contributed by atoms with Gasteiger partial charge in [-0.1, -0.05) is 19.9 Å². The molecular weight excluding hydrogens is 252 g/mol. The molecule has 0 radical (unpaired) electrons. The second kappa shape index (κ2) is 5.38. The van der Waals surface area contributed by atoms with Gasteiger partial charge >= 0.3 is 6.09 Å². The molecule has 0 saturated heterocycles. The maximum absolute atomic E-state index is 11.7. The first-order chi connectivity index (χ1) is 9.56. The van der Waals surface area contributed by atoms with E-state index < -0.39 is 11.7 Å². The van der Waals surface area contributed by atoms with E-state index in [0.717, 1.165) is 22.4 Å². The van der Waals surface area contributed by atoms with Crippen LogP contribution in [0.1, 0.15) is 44.7 Å². The Balaban J connectivity index is 2.59. The average Bonchev–Trinajstić information content (AvgIpc) is 2.46. The smallest absolute Gasteiger partial charge is 0.412 e. The molecule has 1 aliphatic heterocycles. The van der Waals surface area contributed by atoms with Gasteiger partial charge in [0.05, 0.1) is 11.8 Å². The van der Waals surface area contributed by atoms with Crippen molar-refractivity contribution in [2.75, 3.05) is 5.32 Å². The number of fused-ring (bicyclic) bond motifs is 1. The van der Waals surface area contributed by atoms with E-state index in [1.165, 1.54) is 6.08 Å². The number of nitrogens with zero attached hydrogens (tertiary/aromatic N) is 1. The summed E-state index contributed by atoms with van der Waals surface area (Å²) in [7, 11) is 0. The van der Waals surface area contributed by atoms with E-state index in [9.17, 15) is 4.79 Å². The Bertz CT molecular complexity index is 607. The zero-order chi connectivity index (χ0) is 14.8. The number of carbonyl (C=O) groups excluding carboxylic acids is 1. The lowest BCUT2D eigenvalue weighted by atomic mass is 9.84. The van der Waals surface area contributed by atoms with Gasteiger partial charge in [0.25, 0.3) is 0 Å². The minimum Gasteiger partial charge on any atom is -0.438 e. The summed E-state index contributed by atoms with van der Waals surface area (Å²) < 4.78 is 5.56. The van der Waals surface area contributed by atoms with E-state index in [1.807, 2.05) is 45.0 Å². The number of hydrogen-bond donors (Lipinski definition) is 1. The molecule has 104 valence electrons. The largest absolute Gasteiger partial charge is 0.438 e. The zero-order valence-corrected chi connectivity index (χ0v) is 12.0. The molecule has 1 heterocycles. The summed E-state index contributed by atoms with van der Waals surface area (Å²) in [5.41, 5.74) is 3.05. The van der Waals surface area contributed by atoms with Crippen molar-refractivity contribution >= 4 is 17.4 Å². The molecule has 1 aliphatic rings. The SMILES string of the molecule is CCC1(CC)OC(=O)Nc2ccc(/C(C)=C/C#N)cc21. The van der Waals surface area contributed by atoms with Gasteiger partial charge in [0.2, 0.25) is 0 Å². The molecule has 0 fully saturated rings. The van der Waals surface area contributed by atoms with Crippen LogP contribution in [0.2, 0.25) is 0 Å². The second-order valence-corrected chi connectivity index (χ2v) is 4.93. The summed E-state index contributed by atoms with van der Waals surface area (Å²) >= 11 is 0. The topological polar surface area (TPSA) is 62.1 Å². The van der Waals surface area contributed by atoms with Crippen LogP contribution in [0.15, 0.2) is 24.3 Å². The van der Waals surface area contributed by atoms with Crippen molar-refractivity contribution in [2.45, 2.75) is 39.2 Å². The highest BCUT2D eigenvalue weighted by Crippen LogP contribution is 2.42. The number of benzene rings is 1. The van der Waals surface area contributed by atoms with Crippen LogP contribution in [0.3, 0.4) is 0 Å². The maximum atomic E-state index is 11.7. The Morgan fingerprint density at radius 3 is 2.75 bits per heavy atom. The highest BCUT2D eigenvalue weighted by atomic mass is 16.6. The monoisotopic (exact) mass is 270 g/mol. The highest BCUT2D eigenvalue weighted by Gasteiger charge is 2.39. The minimum absolute atomic E-state index is 0.404. The first-order valence-electron chi connectivity index (χ1n) is 6.77. The summed E-state index contributed by atoms with van der Waals surface area (Å²) in [5, 5.41) is 11.5. The quantitative estimate of drug-likeness (QED) is 0.837. The summed E-state index contributed by atoms with van der Waals surface area (Å²) in [5.74, 6) is 0. The molecule has 2 rings (SSSR count). The molecule has 0 saturated carbocycles. The molecular formula is C16H18N2O2. The predicted octanol–water partition coefficient (Wildman–Crippen LogP) is 4.19. The van der Waals surface area contributed by atoms with Gasteiger partial charge in [-0.2, -0.15) is 5.26 Å². The molecule has 1 aromatic rings. The number of hydrogen-bond acceptors (Lipinski definition) is 3. The van der Waals surface area contributed by atoms with Crippen molar-refractivity contribution in [1.29, 1.82) is 5.26 Å². The predicted molar refractivity (Wildman–Crippen MR) is 78.1 cm³/mol. The van der Waals surface area contributed by atoms with Gasteiger partial charge in [0.15, 0.2) is 0 Å². The van der Waals surface area contributed by atoms with Crippen LogP contribution in [-0.4, -0.2) is 6.09 Å². The third-order valence-electron chi connectivity index (χ3n) is 3.91. The van der Waals surface area contributed by atoms with Gasteiger partial charge in [0.1, 0.15) is 5.60 Å². The number of allylic oxidation sites excluding steroid dienone is 2. The molecule has 0 aliphatic carbocycles. The van der Waals surface area contributed by atoms with E-state index in [2.05, 4.69) is 5.32 Å². The van der Waals surface area contributed by atoms with Crippen LogP contribution in [0.5, 0.6) is 0 Å². The normalized spacial score (nSPS) is 16.7. The van der Waals surface area contributed by atoms with Crippen molar-refractivity contribution in [3.05, 3.63) is 35.4 Å². The van der Waals surface area contributed by atoms with Crippen LogP contribution >= 0.6 is 0 Å². The van der Waals surface area contributed by atoms with Crippen LogP contribution in [0.4, 0.5) is 10.5 Å². The average molecular weight is 270 g/mol. The van der Waals surface area contributed by atoms with E-state index in [0.29, 0.717) is 12.8 Å². The van der Waals surface area contributed by atoms with Crippen molar-refractivity contribution in [1.82, 2.24) is 0 Å². The summed E-state index contributed by atoms with van der Waals surface area (Å²) in [4.78, 5) is 11.7. The van der Waals surface area contributed by atoms with Crippen LogP contribution < -0.4 is 5.32 Å². The van der Waals surface area contributed by atoms with E-state index in [4.69, 9.17) is 10.00 Å². The number of cyclic esters (lactones) is 1. The molecule has 20 heavy (non-hydrogen) atoms. The second-order valence-electron chi connectivity index (χ2n) is 4.93. The lowest BCUT2D eigenvalue weighted by molar-refractivity contribution is 0.00471. The lowest BCUT2D eigenvalue weighted by Gasteiger charge is -2.37. The maximum Gasteiger partial charge on any atom is 0.412 e. The zero-order valence-electron chi connectivity index (χ0n) is 12.0. The third kappa shape index (κ3) is 2.27. The van der Waals surface area contributed by atoms with E-state index in [1.54, 1.807) is 0 Å². The molecule has 0 aromatic heterocycles. The highest BCUT2D eigenvalue weighted by molar-refractivity contribution is 5.89. The van der Waals surface area contributed by atoms with Crippen LogP contribution in [-0.2, 0) is 10.3 Å². The van der Waals surface area contributed by atoms with Gasteiger partial charge in [-0.3, -0.25) is 5.32 Å². The molecule has 0 spiro atoms. The number of nitrogens with one attached hydrogen (secondary N) is 1. The Morgan fingerprint density at radius 2 is 2.15 bits per heavy atom. The van der Waals surface area contributed by atoms with Gasteiger partial charge in [-0.05, 0) is 43.0 Å². The first-order valence-corrected chi connectivity index (χ1v) is 6.77. The Morgan fingerprint density at radius 1 is 1.45 bits per heavy atom. The molecule has 4 heteroatoms. The molecule has 1 N–H and O–H groups in total. The number of nitriles is 1. The molecule has 0 bridgehead atoms. The number of ether oxygens (including phenoxy) is 1. The number of carbonyl (C=O) groups is 1. The molecule has 4 nitrogen and oxygen atoms in total. The van der Waals surface area contributed by atoms with Gasteiger partial charge in [0, 0.05) is 11.6 Å². The van der Waals surface area contributed by atoms with E-state index in [-0.39, 0.29) is 0 Å². The number of rotatable bonds is 3. The fourth-order valence-corrected chi connectivity index (χ4v) is 2.60. The molecule has 1 amide bonds. The first kappa shape index (κ1) is 14.1. The Kier molecular flexibility index (Phi) is 3.80. The van der Waals surface area contributed by atoms with Crippen LogP contribution in [0.25, 0.3) is 5.57 Å². The standard InChI is InChI=1S/C16H18N2O2/c1-4-16(5-2)13-10-12(11(3)8-9-17)6-7-14(13)18-15(19)20-16/h6-8,10H,4-5H2,1-3H3,(H,18,19)/b11-8+. The van der Waals surface area contributed by atoms with Gasteiger partial charge in [-0.25, -0.2) is 4.79 Å². The summed E-state index contributed by atoms with van der Waals surface area (Å²) in [6.45, 7) is 5.92. The summed E-state index contributed by atoms with van der Waals surface area (Å²) in [6.07, 6.45) is 2.55. The van der Waals surface area contributed by atoms with Crippen molar-refractivity contribution < 1.29 is 9.53 Å². The lowest BCUT2D eigenvalue weighted by Crippen LogP contribution is -2.38. The van der Waals surface area contributed by atoms with Crippen molar-refractivity contribution in [3.63, 3.8) is 0 Å². The van der Waals surface area contributed by atoms with Gasteiger partial charge < -0.3 is 4.74 Å². The Hall–Kier alpha value is -2.28. The van der Waals surface area contributed by atoms with Gasteiger partial charge in [-0.15, -0.1) is 0 Å². The fourth-order valence-electron chi connectivity index (χ4n) is 2.60. The molecule has 0 atom stereocenters. The molecule has 0 unspecified atom stereocenters. The van der Waals surface area contributed by atoms with E-state index >= 15 is 0 Å². The number of amides is 1. The van der Waals surface area contributed by atoms with Crippen LogP contribution in [0, 0.1) is 11.3 Å². The fraction of sp³-hybridized carbons (Fsp3) is 0.375. The van der Waals surface area contributed by atoms with Crippen molar-refractivity contribution in [2.24, 2.45) is 0 Å². The minimum atomic E-state index is -0.583.